The molecule has 1 heterocycles. The predicted molar refractivity (Wildman–Crippen MR) is 129 cm³/mol. The summed E-state index contributed by atoms with van der Waals surface area (Å²) in [5.41, 5.74) is -0.940. The maximum absolute atomic E-state index is 15.2. The SMILES string of the molecule is CCC1CC[C@@H]2C[C@H](c3cc(F)c(-c4cc(F)c(C5=NC(C)(C)CO5)c(F)c4)c(F)c3)CC[C@@H]2C1. The lowest BCUT2D eigenvalue weighted by molar-refractivity contribution is 0.116. The second-order valence-corrected chi connectivity index (χ2v) is 11.3. The lowest BCUT2D eigenvalue weighted by Crippen LogP contribution is -2.30. The first kappa shape index (κ1) is 24.3. The van der Waals surface area contributed by atoms with E-state index in [-0.39, 0.29) is 24.0 Å². The van der Waals surface area contributed by atoms with Crippen LogP contribution in [0.15, 0.2) is 29.3 Å². The number of hydrogen-bond acceptors (Lipinski definition) is 2. The molecule has 2 aromatic carbocycles. The Morgan fingerprint density at radius 1 is 0.829 bits per heavy atom. The summed E-state index contributed by atoms with van der Waals surface area (Å²) in [4.78, 5) is 4.22. The average Bonchev–Trinajstić information content (AvgIpc) is 3.16. The molecule has 2 aromatic rings. The van der Waals surface area contributed by atoms with Gasteiger partial charge in [-0.25, -0.2) is 22.6 Å². The van der Waals surface area contributed by atoms with Crippen molar-refractivity contribution >= 4 is 5.90 Å². The summed E-state index contributed by atoms with van der Waals surface area (Å²) < 4.78 is 65.6. The highest BCUT2D eigenvalue weighted by Crippen LogP contribution is 2.48. The molecule has 0 radical (unpaired) electrons. The molecule has 4 atom stereocenters. The third-order valence-electron chi connectivity index (χ3n) is 8.35. The molecule has 5 rings (SSSR count). The van der Waals surface area contributed by atoms with Gasteiger partial charge in [0.05, 0.1) is 11.1 Å². The number of aliphatic imine (C=N–C) groups is 1. The van der Waals surface area contributed by atoms with Crippen molar-refractivity contribution in [3.63, 3.8) is 0 Å². The average molecular weight is 488 g/mol. The van der Waals surface area contributed by atoms with Gasteiger partial charge in [0.1, 0.15) is 35.4 Å². The van der Waals surface area contributed by atoms with Crippen LogP contribution in [0.4, 0.5) is 17.6 Å². The molecule has 0 bridgehead atoms. The van der Waals surface area contributed by atoms with Gasteiger partial charge in [0, 0.05) is 0 Å². The van der Waals surface area contributed by atoms with Crippen LogP contribution in [0, 0.1) is 41.0 Å². The maximum atomic E-state index is 15.2. The van der Waals surface area contributed by atoms with E-state index in [2.05, 4.69) is 11.9 Å². The van der Waals surface area contributed by atoms with Gasteiger partial charge in [0.2, 0.25) is 5.90 Å². The molecule has 6 heteroatoms. The standard InChI is InChI=1S/C29H33F4NO/c1-4-16-5-6-18-10-19(8-7-17(18)9-16)20-11-22(30)26(23(31)12-20)21-13-24(32)27(25(33)14-21)28-34-29(2,3)15-35-28/h11-14,16-19H,4-10,15H2,1-3H3/t16?,17-,18-,19-/m1/s1. The lowest BCUT2D eigenvalue weighted by atomic mass is 9.63. The highest BCUT2D eigenvalue weighted by Gasteiger charge is 2.36. The van der Waals surface area contributed by atoms with Gasteiger partial charge in [-0.2, -0.15) is 0 Å². The fraction of sp³-hybridized carbons (Fsp3) is 0.552. The summed E-state index contributed by atoms with van der Waals surface area (Å²) in [6, 6.07) is 4.62. The van der Waals surface area contributed by atoms with Crippen LogP contribution in [0.3, 0.4) is 0 Å². The Morgan fingerprint density at radius 3 is 2.03 bits per heavy atom. The van der Waals surface area contributed by atoms with Crippen LogP contribution in [-0.4, -0.2) is 18.0 Å². The van der Waals surface area contributed by atoms with Crippen LogP contribution in [0.5, 0.6) is 0 Å². The van der Waals surface area contributed by atoms with Gasteiger partial charge < -0.3 is 4.74 Å². The van der Waals surface area contributed by atoms with Gasteiger partial charge in [0.15, 0.2) is 0 Å². The Labute approximate surface area is 204 Å². The number of nitrogens with zero attached hydrogens (tertiary/aromatic N) is 1. The number of benzene rings is 2. The van der Waals surface area contributed by atoms with E-state index >= 15 is 8.78 Å². The van der Waals surface area contributed by atoms with Crippen molar-refractivity contribution in [1.82, 2.24) is 0 Å². The summed E-state index contributed by atoms with van der Waals surface area (Å²) in [6.07, 6.45) is 7.91. The molecule has 188 valence electrons. The summed E-state index contributed by atoms with van der Waals surface area (Å²) in [5.74, 6) is -1.36. The topological polar surface area (TPSA) is 21.6 Å². The molecule has 0 aromatic heterocycles. The van der Waals surface area contributed by atoms with Crippen LogP contribution in [0.25, 0.3) is 11.1 Å². The zero-order valence-corrected chi connectivity index (χ0v) is 20.6. The fourth-order valence-corrected chi connectivity index (χ4v) is 6.40. The van der Waals surface area contributed by atoms with Crippen LogP contribution >= 0.6 is 0 Å². The summed E-state index contributed by atoms with van der Waals surface area (Å²) >= 11 is 0. The molecular formula is C29H33F4NO. The zero-order chi connectivity index (χ0) is 24.9. The van der Waals surface area contributed by atoms with Gasteiger partial charge in [-0.05, 0) is 105 Å². The fourth-order valence-electron chi connectivity index (χ4n) is 6.40. The summed E-state index contributed by atoms with van der Waals surface area (Å²) in [5, 5.41) is 0. The summed E-state index contributed by atoms with van der Waals surface area (Å²) in [6.45, 7) is 6.04. The molecule has 2 aliphatic carbocycles. The Morgan fingerprint density at radius 2 is 1.43 bits per heavy atom. The molecule has 2 nitrogen and oxygen atoms in total. The first-order chi connectivity index (χ1) is 16.6. The van der Waals surface area contributed by atoms with E-state index in [0.29, 0.717) is 11.5 Å². The number of hydrogen-bond donors (Lipinski definition) is 0. The Hall–Kier alpha value is -2.37. The molecule has 1 unspecified atom stereocenters. The maximum Gasteiger partial charge on any atom is 0.222 e. The Kier molecular flexibility index (Phi) is 6.43. The van der Waals surface area contributed by atoms with Crippen molar-refractivity contribution in [2.75, 3.05) is 6.61 Å². The van der Waals surface area contributed by atoms with Crippen molar-refractivity contribution in [2.45, 2.75) is 77.2 Å². The Balaban J connectivity index is 1.40. The van der Waals surface area contributed by atoms with E-state index in [1.54, 1.807) is 13.8 Å². The molecule has 0 saturated heterocycles. The number of ether oxygens (including phenoxy) is 1. The van der Waals surface area contributed by atoms with Gasteiger partial charge in [0.25, 0.3) is 0 Å². The molecule has 2 saturated carbocycles. The second kappa shape index (κ2) is 9.25. The molecule has 0 amide bonds. The van der Waals surface area contributed by atoms with Gasteiger partial charge in [-0.3, -0.25) is 0 Å². The molecule has 35 heavy (non-hydrogen) atoms. The molecular weight excluding hydrogens is 454 g/mol. The smallest absolute Gasteiger partial charge is 0.222 e. The highest BCUT2D eigenvalue weighted by molar-refractivity contribution is 5.96. The molecule has 0 spiro atoms. The third-order valence-corrected chi connectivity index (χ3v) is 8.35. The minimum Gasteiger partial charge on any atom is -0.475 e. The molecule has 1 aliphatic heterocycles. The number of rotatable bonds is 4. The van der Waals surface area contributed by atoms with Gasteiger partial charge in [-0.15, -0.1) is 0 Å². The monoisotopic (exact) mass is 487 g/mol. The Bertz CT molecular complexity index is 1110. The van der Waals surface area contributed by atoms with Crippen molar-refractivity contribution < 1.29 is 22.3 Å². The number of fused-ring (bicyclic) bond motifs is 1. The van der Waals surface area contributed by atoms with E-state index in [4.69, 9.17) is 4.74 Å². The first-order valence-electron chi connectivity index (χ1n) is 12.9. The molecule has 0 N–H and O–H groups in total. The third kappa shape index (κ3) is 4.73. The lowest BCUT2D eigenvalue weighted by Gasteiger charge is -2.42. The van der Waals surface area contributed by atoms with Crippen LogP contribution < -0.4 is 0 Å². The van der Waals surface area contributed by atoms with Crippen molar-refractivity contribution in [3.05, 3.63) is 58.7 Å². The van der Waals surface area contributed by atoms with E-state index in [1.807, 2.05) is 0 Å². The van der Waals surface area contributed by atoms with Crippen molar-refractivity contribution in [3.8, 4) is 11.1 Å². The zero-order valence-electron chi connectivity index (χ0n) is 20.6. The quantitative estimate of drug-likeness (QED) is 0.399. The normalized spacial score (nSPS) is 27.8. The predicted octanol–water partition coefficient (Wildman–Crippen LogP) is 8.18. The van der Waals surface area contributed by atoms with Gasteiger partial charge in [-0.1, -0.05) is 19.8 Å². The molecule has 3 aliphatic rings. The van der Waals surface area contributed by atoms with Crippen LogP contribution in [0.1, 0.15) is 82.8 Å². The number of halogens is 4. The largest absolute Gasteiger partial charge is 0.475 e. The van der Waals surface area contributed by atoms with E-state index in [1.165, 1.54) is 37.8 Å². The van der Waals surface area contributed by atoms with Crippen molar-refractivity contribution in [2.24, 2.45) is 22.7 Å². The van der Waals surface area contributed by atoms with E-state index in [0.717, 1.165) is 43.2 Å². The van der Waals surface area contributed by atoms with E-state index in [9.17, 15) is 8.78 Å². The first-order valence-corrected chi connectivity index (χ1v) is 12.9. The van der Waals surface area contributed by atoms with Crippen LogP contribution in [-0.2, 0) is 4.74 Å². The van der Waals surface area contributed by atoms with Crippen LogP contribution in [0.2, 0.25) is 0 Å². The highest BCUT2D eigenvalue weighted by atomic mass is 19.1. The van der Waals surface area contributed by atoms with E-state index < -0.39 is 39.9 Å². The van der Waals surface area contributed by atoms with Crippen molar-refractivity contribution in [1.29, 1.82) is 0 Å². The minimum absolute atomic E-state index is 0.115. The molecule has 2 fully saturated rings. The second-order valence-electron chi connectivity index (χ2n) is 11.3. The van der Waals surface area contributed by atoms with Gasteiger partial charge >= 0.3 is 0 Å². The summed E-state index contributed by atoms with van der Waals surface area (Å²) in [7, 11) is 0. The minimum atomic E-state index is -0.958.